The van der Waals surface area contributed by atoms with E-state index in [0.29, 0.717) is 26.3 Å². The second kappa shape index (κ2) is 6.06. The van der Waals surface area contributed by atoms with E-state index in [0.717, 1.165) is 0 Å². The third-order valence-corrected chi connectivity index (χ3v) is 2.18. The first kappa shape index (κ1) is 12.4. The molecule has 1 aliphatic heterocycles. The molecule has 2 N–H and O–H groups in total. The molecule has 0 unspecified atom stereocenters. The van der Waals surface area contributed by atoms with Gasteiger partial charge in [-0.25, -0.2) is 4.79 Å². The normalized spacial score (nSPS) is 15.6. The average molecular weight is 230 g/mol. The van der Waals surface area contributed by atoms with Gasteiger partial charge in [-0.1, -0.05) is 0 Å². The number of rotatable bonds is 3. The first-order chi connectivity index (χ1) is 7.61. The first-order valence-electron chi connectivity index (χ1n) is 4.98. The van der Waals surface area contributed by atoms with Crippen molar-refractivity contribution in [2.75, 3.05) is 32.8 Å². The highest BCUT2D eigenvalue weighted by atomic mass is 16.5. The van der Waals surface area contributed by atoms with Gasteiger partial charge in [0.2, 0.25) is 5.91 Å². The van der Waals surface area contributed by atoms with Crippen molar-refractivity contribution < 1.29 is 24.2 Å². The van der Waals surface area contributed by atoms with E-state index >= 15 is 0 Å². The van der Waals surface area contributed by atoms with Crippen molar-refractivity contribution in [1.82, 2.24) is 10.2 Å². The summed E-state index contributed by atoms with van der Waals surface area (Å²) >= 11 is 0. The van der Waals surface area contributed by atoms with Crippen molar-refractivity contribution in [3.05, 3.63) is 0 Å². The lowest BCUT2D eigenvalue weighted by Crippen LogP contribution is -2.42. The average Bonchev–Trinajstić information content (AvgIpc) is 2.29. The molecule has 7 nitrogen and oxygen atoms in total. The van der Waals surface area contributed by atoms with Gasteiger partial charge in [0.1, 0.15) is 0 Å². The summed E-state index contributed by atoms with van der Waals surface area (Å²) in [6.45, 7) is 2.18. The molecular weight excluding hydrogens is 216 g/mol. The molecule has 16 heavy (non-hydrogen) atoms. The zero-order chi connectivity index (χ0) is 12.0. The van der Waals surface area contributed by atoms with Crippen LogP contribution in [0.5, 0.6) is 0 Å². The van der Waals surface area contributed by atoms with Crippen LogP contribution in [0.2, 0.25) is 0 Å². The van der Waals surface area contributed by atoms with Gasteiger partial charge in [-0.3, -0.25) is 9.59 Å². The van der Waals surface area contributed by atoms with E-state index in [9.17, 15) is 14.4 Å². The van der Waals surface area contributed by atoms with E-state index in [1.165, 1.54) is 0 Å². The molecule has 0 aromatic carbocycles. The number of hydrogen-bond donors (Lipinski definition) is 2. The minimum Gasteiger partial charge on any atom is -0.474 e. The summed E-state index contributed by atoms with van der Waals surface area (Å²) in [6, 6.07) is 0. The largest absolute Gasteiger partial charge is 0.474 e. The molecule has 0 atom stereocenters. The molecule has 0 aromatic rings. The van der Waals surface area contributed by atoms with Crippen LogP contribution >= 0.6 is 0 Å². The summed E-state index contributed by atoms with van der Waals surface area (Å²) in [6.07, 6.45) is 0.110. The Balaban J connectivity index is 2.19. The Morgan fingerprint density at radius 3 is 2.44 bits per heavy atom. The zero-order valence-corrected chi connectivity index (χ0v) is 8.77. The molecule has 1 fully saturated rings. The lowest BCUT2D eigenvalue weighted by atomic mass is 10.3. The molecule has 0 saturated carbocycles. The summed E-state index contributed by atoms with van der Waals surface area (Å²) in [5, 5.41) is 10.4. The molecule has 2 amide bonds. The van der Waals surface area contributed by atoms with Gasteiger partial charge in [-0.05, 0) is 0 Å². The molecule has 0 aromatic heterocycles. The van der Waals surface area contributed by atoms with Crippen molar-refractivity contribution in [3.8, 4) is 0 Å². The minimum absolute atomic E-state index is 0.0430. The van der Waals surface area contributed by atoms with E-state index < -0.39 is 11.9 Å². The van der Waals surface area contributed by atoms with Gasteiger partial charge in [0.05, 0.1) is 13.2 Å². The number of carbonyl (C=O) groups is 3. The van der Waals surface area contributed by atoms with Crippen LogP contribution in [0.1, 0.15) is 6.42 Å². The van der Waals surface area contributed by atoms with Gasteiger partial charge in [0, 0.05) is 26.1 Å². The van der Waals surface area contributed by atoms with E-state index in [-0.39, 0.29) is 18.9 Å². The third kappa shape index (κ3) is 3.85. The molecule has 0 bridgehead atoms. The Morgan fingerprint density at radius 1 is 1.25 bits per heavy atom. The van der Waals surface area contributed by atoms with Crippen LogP contribution in [0.4, 0.5) is 0 Å². The summed E-state index contributed by atoms with van der Waals surface area (Å²) in [5.41, 5.74) is 0. The van der Waals surface area contributed by atoms with Crippen LogP contribution in [0.15, 0.2) is 0 Å². The number of nitrogens with zero attached hydrogens (tertiary/aromatic N) is 1. The van der Waals surface area contributed by atoms with Crippen LogP contribution in [-0.2, 0) is 19.1 Å². The smallest absolute Gasteiger partial charge is 0.394 e. The molecule has 0 spiro atoms. The Hall–Kier alpha value is -1.63. The molecule has 1 aliphatic rings. The fourth-order valence-electron chi connectivity index (χ4n) is 1.33. The SMILES string of the molecule is O=C(O)C(=O)NCCC(=O)N1CCOCC1. The number of carbonyl (C=O) groups excluding carboxylic acids is 2. The minimum atomic E-state index is -1.54. The van der Waals surface area contributed by atoms with Crippen molar-refractivity contribution >= 4 is 17.8 Å². The van der Waals surface area contributed by atoms with Crippen LogP contribution < -0.4 is 5.32 Å². The number of morpholine rings is 1. The van der Waals surface area contributed by atoms with Gasteiger partial charge in [0.25, 0.3) is 0 Å². The first-order valence-corrected chi connectivity index (χ1v) is 4.98. The highest BCUT2D eigenvalue weighted by Gasteiger charge is 2.17. The lowest BCUT2D eigenvalue weighted by Gasteiger charge is -2.26. The monoisotopic (exact) mass is 230 g/mol. The maximum Gasteiger partial charge on any atom is 0.394 e. The molecule has 0 aliphatic carbocycles. The van der Waals surface area contributed by atoms with E-state index in [2.05, 4.69) is 5.32 Å². The number of hydrogen-bond acceptors (Lipinski definition) is 4. The Bertz CT molecular complexity index is 286. The van der Waals surface area contributed by atoms with E-state index in [1.807, 2.05) is 0 Å². The molecule has 7 heteroatoms. The van der Waals surface area contributed by atoms with Crippen LogP contribution in [0.3, 0.4) is 0 Å². The Kier molecular flexibility index (Phi) is 4.71. The van der Waals surface area contributed by atoms with Crippen molar-refractivity contribution in [2.24, 2.45) is 0 Å². The van der Waals surface area contributed by atoms with Gasteiger partial charge < -0.3 is 20.1 Å². The summed E-state index contributed by atoms with van der Waals surface area (Å²) in [7, 11) is 0. The molecule has 1 rings (SSSR count). The maximum absolute atomic E-state index is 11.5. The Morgan fingerprint density at radius 2 is 1.88 bits per heavy atom. The Labute approximate surface area is 92.4 Å². The van der Waals surface area contributed by atoms with Crippen molar-refractivity contribution in [2.45, 2.75) is 6.42 Å². The second-order valence-electron chi connectivity index (χ2n) is 3.30. The number of amides is 2. The van der Waals surface area contributed by atoms with Gasteiger partial charge in [-0.15, -0.1) is 0 Å². The predicted molar refractivity (Wildman–Crippen MR) is 52.7 cm³/mol. The summed E-state index contributed by atoms with van der Waals surface area (Å²) in [5.74, 6) is -2.73. The second-order valence-corrected chi connectivity index (χ2v) is 3.30. The van der Waals surface area contributed by atoms with Crippen LogP contribution in [-0.4, -0.2) is 60.6 Å². The quantitative estimate of drug-likeness (QED) is 0.571. The summed E-state index contributed by atoms with van der Waals surface area (Å²) < 4.78 is 5.08. The lowest BCUT2D eigenvalue weighted by molar-refractivity contribution is -0.150. The number of nitrogens with one attached hydrogen (secondary N) is 1. The van der Waals surface area contributed by atoms with Gasteiger partial charge >= 0.3 is 11.9 Å². The molecule has 90 valence electrons. The van der Waals surface area contributed by atoms with Crippen molar-refractivity contribution in [1.29, 1.82) is 0 Å². The topological polar surface area (TPSA) is 95.9 Å². The van der Waals surface area contributed by atoms with Crippen LogP contribution in [0.25, 0.3) is 0 Å². The van der Waals surface area contributed by atoms with Crippen LogP contribution in [0, 0.1) is 0 Å². The molecule has 1 saturated heterocycles. The fraction of sp³-hybridized carbons (Fsp3) is 0.667. The van der Waals surface area contributed by atoms with E-state index in [1.54, 1.807) is 4.90 Å². The third-order valence-electron chi connectivity index (χ3n) is 2.18. The number of carboxylic acid groups (broad SMARTS) is 1. The number of aliphatic carboxylic acids is 1. The highest BCUT2D eigenvalue weighted by molar-refractivity contribution is 6.31. The van der Waals surface area contributed by atoms with Gasteiger partial charge in [0.15, 0.2) is 0 Å². The fourth-order valence-corrected chi connectivity index (χ4v) is 1.33. The van der Waals surface area contributed by atoms with Gasteiger partial charge in [-0.2, -0.15) is 0 Å². The highest BCUT2D eigenvalue weighted by Crippen LogP contribution is 1.99. The molecule has 1 heterocycles. The predicted octanol–water partition coefficient (Wildman–Crippen LogP) is -1.56. The van der Waals surface area contributed by atoms with E-state index in [4.69, 9.17) is 9.84 Å². The number of ether oxygens (including phenoxy) is 1. The molecule has 0 radical (unpaired) electrons. The standard InChI is InChI=1S/C9H14N2O5/c12-7(11-3-5-16-6-4-11)1-2-10-8(13)9(14)15/h1-6H2,(H,10,13)(H,14,15). The zero-order valence-electron chi connectivity index (χ0n) is 8.77. The maximum atomic E-state index is 11.5. The number of carboxylic acids is 1. The van der Waals surface area contributed by atoms with Crippen molar-refractivity contribution in [3.63, 3.8) is 0 Å². The summed E-state index contributed by atoms with van der Waals surface area (Å²) in [4.78, 5) is 34.0. The molecular formula is C9H14N2O5.